The SMILES string of the molecule is Cc1ccc(C(=O)NC(C(=O)N2C[C@@H]3CCC[C@@]3(C(=O)O)C2)C(C)C)cc1. The van der Waals surface area contributed by atoms with Crippen LogP contribution in [0.1, 0.15) is 49.0 Å². The predicted octanol–water partition coefficient (Wildman–Crippen LogP) is 2.46. The van der Waals surface area contributed by atoms with Crippen LogP contribution in [0, 0.1) is 24.2 Å². The fourth-order valence-corrected chi connectivity index (χ4v) is 4.45. The molecule has 2 fully saturated rings. The first-order chi connectivity index (χ1) is 12.7. The molecule has 0 spiro atoms. The summed E-state index contributed by atoms with van der Waals surface area (Å²) in [6.07, 6.45) is 2.37. The molecule has 2 amide bonds. The van der Waals surface area contributed by atoms with E-state index in [0.717, 1.165) is 18.4 Å². The van der Waals surface area contributed by atoms with Gasteiger partial charge in [0.2, 0.25) is 5.91 Å². The third-order valence-electron chi connectivity index (χ3n) is 6.14. The Hall–Kier alpha value is -2.37. The van der Waals surface area contributed by atoms with Crippen LogP contribution < -0.4 is 5.32 Å². The summed E-state index contributed by atoms with van der Waals surface area (Å²) in [5.74, 6) is -1.34. The van der Waals surface area contributed by atoms with Crippen molar-refractivity contribution in [2.75, 3.05) is 13.1 Å². The van der Waals surface area contributed by atoms with Gasteiger partial charge < -0.3 is 15.3 Å². The first kappa shape index (κ1) is 19.4. The number of carbonyl (C=O) groups excluding carboxylic acids is 2. The molecule has 27 heavy (non-hydrogen) atoms. The summed E-state index contributed by atoms with van der Waals surface area (Å²) in [5, 5.41) is 12.6. The van der Waals surface area contributed by atoms with Crippen molar-refractivity contribution in [1.82, 2.24) is 10.2 Å². The highest BCUT2D eigenvalue weighted by Crippen LogP contribution is 2.49. The van der Waals surface area contributed by atoms with Gasteiger partial charge in [-0.15, -0.1) is 0 Å². The van der Waals surface area contributed by atoms with Crippen LogP contribution in [-0.4, -0.2) is 46.9 Å². The normalized spacial score (nSPS) is 25.3. The fraction of sp³-hybridized carbons (Fsp3) is 0.571. The summed E-state index contributed by atoms with van der Waals surface area (Å²) in [6, 6.07) is 6.54. The largest absolute Gasteiger partial charge is 0.481 e. The number of benzene rings is 1. The summed E-state index contributed by atoms with van der Waals surface area (Å²) in [6.45, 7) is 6.44. The van der Waals surface area contributed by atoms with Crippen LogP contribution in [0.15, 0.2) is 24.3 Å². The summed E-state index contributed by atoms with van der Waals surface area (Å²) < 4.78 is 0. The Morgan fingerprint density at radius 3 is 2.44 bits per heavy atom. The predicted molar refractivity (Wildman–Crippen MR) is 101 cm³/mol. The number of carboxylic acids is 1. The maximum absolute atomic E-state index is 13.1. The van der Waals surface area contributed by atoms with E-state index in [1.165, 1.54) is 0 Å². The van der Waals surface area contributed by atoms with Gasteiger partial charge in [0.15, 0.2) is 0 Å². The number of hydrogen-bond acceptors (Lipinski definition) is 3. The number of aliphatic carboxylic acids is 1. The minimum absolute atomic E-state index is 0.0135. The van der Waals surface area contributed by atoms with Crippen LogP contribution in [0.3, 0.4) is 0 Å². The molecule has 2 N–H and O–H groups in total. The second kappa shape index (κ2) is 7.33. The van der Waals surface area contributed by atoms with Gasteiger partial charge in [-0.2, -0.15) is 0 Å². The fourth-order valence-electron chi connectivity index (χ4n) is 4.45. The van der Waals surface area contributed by atoms with Gasteiger partial charge in [-0.3, -0.25) is 14.4 Å². The van der Waals surface area contributed by atoms with Crippen LogP contribution in [-0.2, 0) is 9.59 Å². The van der Waals surface area contributed by atoms with E-state index in [1.54, 1.807) is 17.0 Å². The van der Waals surface area contributed by atoms with Gasteiger partial charge in [0.05, 0.1) is 5.41 Å². The van der Waals surface area contributed by atoms with Crippen molar-refractivity contribution in [2.45, 2.75) is 46.1 Å². The smallest absolute Gasteiger partial charge is 0.311 e. The quantitative estimate of drug-likeness (QED) is 0.831. The Labute approximate surface area is 159 Å². The molecule has 1 unspecified atom stereocenters. The number of hydrogen-bond donors (Lipinski definition) is 2. The van der Waals surface area contributed by atoms with Crippen molar-refractivity contribution < 1.29 is 19.5 Å². The summed E-state index contributed by atoms with van der Waals surface area (Å²) in [7, 11) is 0. The highest BCUT2D eigenvalue weighted by molar-refractivity contribution is 5.97. The topological polar surface area (TPSA) is 86.7 Å². The number of carboxylic acid groups (broad SMARTS) is 1. The molecule has 1 saturated carbocycles. The van der Waals surface area contributed by atoms with Gasteiger partial charge in [0, 0.05) is 18.7 Å². The minimum atomic E-state index is -0.807. The minimum Gasteiger partial charge on any atom is -0.481 e. The van der Waals surface area contributed by atoms with E-state index in [4.69, 9.17) is 0 Å². The van der Waals surface area contributed by atoms with Crippen molar-refractivity contribution in [3.8, 4) is 0 Å². The standard InChI is InChI=1S/C21H28N2O4/c1-13(2)17(22-18(24)15-8-6-14(3)7-9-15)19(25)23-11-16-5-4-10-21(16,12-23)20(26)27/h6-9,13,16-17H,4-5,10-12H2,1-3H3,(H,22,24)(H,26,27)/t16-,17?,21+/m0/s1. The second-order valence-electron chi connectivity index (χ2n) is 8.33. The zero-order valence-corrected chi connectivity index (χ0v) is 16.2. The Balaban J connectivity index is 1.74. The lowest BCUT2D eigenvalue weighted by atomic mass is 9.81. The molecule has 3 rings (SSSR count). The zero-order valence-electron chi connectivity index (χ0n) is 16.2. The lowest BCUT2D eigenvalue weighted by Crippen LogP contribution is -2.51. The maximum atomic E-state index is 13.1. The monoisotopic (exact) mass is 372 g/mol. The van der Waals surface area contributed by atoms with Gasteiger partial charge in [-0.1, -0.05) is 38.0 Å². The molecule has 146 valence electrons. The first-order valence-corrected chi connectivity index (χ1v) is 9.64. The van der Waals surface area contributed by atoms with E-state index < -0.39 is 17.4 Å². The van der Waals surface area contributed by atoms with Gasteiger partial charge in [0.1, 0.15) is 6.04 Å². The summed E-state index contributed by atoms with van der Waals surface area (Å²) in [5.41, 5.74) is 0.767. The Morgan fingerprint density at radius 1 is 1.22 bits per heavy atom. The highest BCUT2D eigenvalue weighted by Gasteiger charge is 2.56. The summed E-state index contributed by atoms with van der Waals surface area (Å²) >= 11 is 0. The molecular weight excluding hydrogens is 344 g/mol. The molecule has 1 aliphatic carbocycles. The molecule has 0 radical (unpaired) electrons. The molecule has 1 aromatic carbocycles. The molecule has 6 heteroatoms. The van der Waals surface area contributed by atoms with Crippen LogP contribution in [0.5, 0.6) is 0 Å². The van der Waals surface area contributed by atoms with Gasteiger partial charge in [0.25, 0.3) is 5.91 Å². The van der Waals surface area contributed by atoms with E-state index >= 15 is 0 Å². The third kappa shape index (κ3) is 3.57. The second-order valence-corrected chi connectivity index (χ2v) is 8.33. The number of fused-ring (bicyclic) bond motifs is 1. The van der Waals surface area contributed by atoms with Gasteiger partial charge in [-0.25, -0.2) is 0 Å². The Bertz CT molecular complexity index is 743. The molecule has 1 aliphatic heterocycles. The number of aryl methyl sites for hydroxylation is 1. The van der Waals surface area contributed by atoms with E-state index in [2.05, 4.69) is 5.32 Å². The van der Waals surface area contributed by atoms with Crippen LogP contribution in [0.2, 0.25) is 0 Å². The van der Waals surface area contributed by atoms with Crippen molar-refractivity contribution in [3.05, 3.63) is 35.4 Å². The van der Waals surface area contributed by atoms with Crippen molar-refractivity contribution in [1.29, 1.82) is 0 Å². The van der Waals surface area contributed by atoms with Gasteiger partial charge in [-0.05, 0) is 43.7 Å². The average Bonchev–Trinajstić information content (AvgIpc) is 3.17. The van der Waals surface area contributed by atoms with Crippen LogP contribution in [0.4, 0.5) is 0 Å². The molecule has 1 heterocycles. The molecule has 0 bridgehead atoms. The van der Waals surface area contributed by atoms with E-state index in [-0.39, 0.29) is 30.2 Å². The van der Waals surface area contributed by atoms with E-state index in [9.17, 15) is 19.5 Å². The van der Waals surface area contributed by atoms with Crippen molar-refractivity contribution in [2.24, 2.45) is 17.3 Å². The zero-order chi connectivity index (χ0) is 19.8. The van der Waals surface area contributed by atoms with Gasteiger partial charge >= 0.3 is 5.97 Å². The third-order valence-corrected chi connectivity index (χ3v) is 6.14. The molecule has 0 aromatic heterocycles. The van der Waals surface area contributed by atoms with Crippen LogP contribution >= 0.6 is 0 Å². The molecule has 1 aromatic rings. The van der Waals surface area contributed by atoms with Crippen LogP contribution in [0.25, 0.3) is 0 Å². The highest BCUT2D eigenvalue weighted by atomic mass is 16.4. The molecule has 3 atom stereocenters. The van der Waals surface area contributed by atoms with E-state index in [1.807, 2.05) is 32.9 Å². The van der Waals surface area contributed by atoms with E-state index in [0.29, 0.717) is 18.5 Å². The molecule has 2 aliphatic rings. The lowest BCUT2D eigenvalue weighted by molar-refractivity contribution is -0.149. The summed E-state index contributed by atoms with van der Waals surface area (Å²) in [4.78, 5) is 39.2. The molecule has 1 saturated heterocycles. The average molecular weight is 372 g/mol. The lowest BCUT2D eigenvalue weighted by Gasteiger charge is -2.28. The molecular formula is C21H28N2O4. The number of carbonyl (C=O) groups is 3. The van der Waals surface area contributed by atoms with Crippen molar-refractivity contribution in [3.63, 3.8) is 0 Å². The molecule has 6 nitrogen and oxygen atoms in total. The number of amides is 2. The number of nitrogens with one attached hydrogen (secondary N) is 1. The Kier molecular flexibility index (Phi) is 5.27. The number of nitrogens with zero attached hydrogens (tertiary/aromatic N) is 1. The Morgan fingerprint density at radius 2 is 1.89 bits per heavy atom. The number of rotatable bonds is 5. The first-order valence-electron chi connectivity index (χ1n) is 9.64. The maximum Gasteiger partial charge on any atom is 0.311 e. The number of likely N-dealkylation sites (tertiary alicyclic amines) is 1. The van der Waals surface area contributed by atoms with Crippen molar-refractivity contribution >= 4 is 17.8 Å².